The van der Waals surface area contributed by atoms with Gasteiger partial charge in [-0.2, -0.15) is 0 Å². The summed E-state index contributed by atoms with van der Waals surface area (Å²) in [6, 6.07) is 30.7. The Bertz CT molecular complexity index is 1890. The zero-order chi connectivity index (χ0) is 24.0. The van der Waals surface area contributed by atoms with Crippen molar-refractivity contribution < 1.29 is 13.7 Å². The molecular formula is C31H21BGeNO2+. The van der Waals surface area contributed by atoms with Crippen LogP contribution in [0.3, 0.4) is 0 Å². The predicted molar refractivity (Wildman–Crippen MR) is 148 cm³/mol. The summed E-state index contributed by atoms with van der Waals surface area (Å²) in [7, 11) is 2.08. The summed E-state index contributed by atoms with van der Waals surface area (Å²) in [5, 5.41) is 2.22. The summed E-state index contributed by atoms with van der Waals surface area (Å²) in [6.07, 6.45) is 2.08. The van der Waals surface area contributed by atoms with Crippen LogP contribution in [0.1, 0.15) is 5.56 Å². The van der Waals surface area contributed by atoms with Crippen molar-refractivity contribution in [2.75, 3.05) is 0 Å². The fourth-order valence-electron chi connectivity index (χ4n) is 6.06. The molecule has 2 radical (unpaired) electrons. The molecule has 0 bridgehead atoms. The van der Waals surface area contributed by atoms with Crippen LogP contribution in [0.4, 0.5) is 0 Å². The molecule has 2 aliphatic heterocycles. The van der Waals surface area contributed by atoms with Crippen LogP contribution in [-0.2, 0) is 7.05 Å². The molecule has 0 amide bonds. The SMILES string of the molecule is Cc1ccc2c(oc3c4c(ccc32)B2c3cccc[c]3[Ge][c]3cccc(c32)O4)c1-c1cccc[n+]1C. The van der Waals surface area contributed by atoms with Crippen molar-refractivity contribution in [2.24, 2.45) is 7.05 Å². The normalized spacial score (nSPS) is 13.3. The van der Waals surface area contributed by atoms with Gasteiger partial charge in [0, 0.05) is 6.07 Å². The molecule has 0 aliphatic carbocycles. The van der Waals surface area contributed by atoms with Crippen LogP contribution in [0.5, 0.6) is 11.5 Å². The molecule has 4 heterocycles. The summed E-state index contributed by atoms with van der Waals surface area (Å²) in [6.45, 7) is 2.33. The molecule has 2 aliphatic rings. The molecule has 0 saturated carbocycles. The van der Waals surface area contributed by atoms with Gasteiger partial charge in [-0.05, 0) is 0 Å². The van der Waals surface area contributed by atoms with E-state index in [1.54, 1.807) is 0 Å². The summed E-state index contributed by atoms with van der Waals surface area (Å²) in [5.74, 6) is 1.83. The molecule has 36 heavy (non-hydrogen) atoms. The fraction of sp³-hybridized carbons (Fsp3) is 0.0645. The quantitative estimate of drug-likeness (QED) is 0.245. The monoisotopic (exact) mass is 524 g/mol. The predicted octanol–water partition coefficient (Wildman–Crippen LogP) is 2.98. The van der Waals surface area contributed by atoms with E-state index >= 15 is 0 Å². The second-order valence-corrected chi connectivity index (χ2v) is 12.5. The Labute approximate surface area is 215 Å². The Morgan fingerprint density at radius 1 is 0.750 bits per heavy atom. The van der Waals surface area contributed by atoms with E-state index in [0.717, 1.165) is 44.7 Å². The minimum absolute atomic E-state index is 0.180. The molecule has 3 nitrogen and oxygen atoms in total. The second kappa shape index (κ2) is 7.37. The number of rotatable bonds is 1. The molecule has 6 aromatic rings. The van der Waals surface area contributed by atoms with E-state index in [1.807, 2.05) is 0 Å². The van der Waals surface area contributed by atoms with E-state index in [2.05, 4.69) is 110 Å². The van der Waals surface area contributed by atoms with Crippen LogP contribution < -0.4 is 34.5 Å². The first-order valence-corrected chi connectivity index (χ1v) is 14.4. The molecular weight excluding hydrogens is 502 g/mol. The Balaban J connectivity index is 1.45. The van der Waals surface area contributed by atoms with Crippen LogP contribution in [0.25, 0.3) is 33.2 Å². The summed E-state index contributed by atoms with van der Waals surface area (Å²) >= 11 is -0.386. The first kappa shape index (κ1) is 20.4. The van der Waals surface area contributed by atoms with E-state index < -0.39 is 0 Å². The number of aromatic nitrogens is 1. The van der Waals surface area contributed by atoms with E-state index in [9.17, 15) is 0 Å². The van der Waals surface area contributed by atoms with Crippen molar-refractivity contribution in [3.8, 4) is 22.8 Å². The zero-order valence-corrected chi connectivity index (χ0v) is 22.1. The van der Waals surface area contributed by atoms with Crippen LogP contribution in [0.15, 0.2) is 95.5 Å². The molecule has 0 unspecified atom stereocenters. The van der Waals surface area contributed by atoms with Gasteiger partial charge in [-0.3, -0.25) is 0 Å². The maximum absolute atomic E-state index is 6.79. The Morgan fingerprint density at radius 2 is 1.56 bits per heavy atom. The molecule has 5 heteroatoms. The fourth-order valence-corrected chi connectivity index (χ4v) is 9.05. The van der Waals surface area contributed by atoms with Crippen molar-refractivity contribution >= 4 is 69.3 Å². The molecule has 0 N–H and O–H groups in total. The van der Waals surface area contributed by atoms with E-state index in [0.29, 0.717) is 0 Å². The molecule has 0 spiro atoms. The van der Waals surface area contributed by atoms with Gasteiger partial charge in [0.2, 0.25) is 0 Å². The molecule has 0 atom stereocenters. The number of pyridine rings is 1. The van der Waals surface area contributed by atoms with E-state index in [4.69, 9.17) is 9.15 Å². The number of benzene rings is 4. The number of hydrogen-bond acceptors (Lipinski definition) is 2. The first-order valence-electron chi connectivity index (χ1n) is 12.3. The third-order valence-electron chi connectivity index (χ3n) is 7.73. The molecule has 0 saturated heterocycles. The van der Waals surface area contributed by atoms with Crippen molar-refractivity contribution in [2.45, 2.75) is 6.92 Å². The second-order valence-electron chi connectivity index (χ2n) is 9.76. The molecule has 8 rings (SSSR count). The van der Waals surface area contributed by atoms with Crippen LogP contribution in [0.2, 0.25) is 0 Å². The number of hydrogen-bond donors (Lipinski definition) is 0. The van der Waals surface area contributed by atoms with Gasteiger partial charge < -0.3 is 0 Å². The van der Waals surface area contributed by atoms with Crippen LogP contribution >= 0.6 is 0 Å². The average Bonchev–Trinajstić information content (AvgIpc) is 3.28. The number of furan rings is 1. The summed E-state index contributed by atoms with van der Waals surface area (Å²) in [5.41, 5.74) is 9.18. The van der Waals surface area contributed by atoms with Crippen molar-refractivity contribution in [1.29, 1.82) is 0 Å². The standard InChI is InChI=1S/C31H21BGeNO2/c1-18-13-14-19-20-15-16-22-31(30(20)36-29(19)27(18)25-11-5-6-17-34(25)2)35-26-12-7-10-24-28(26)32(22)21-8-3-4-9-23(21)33-24/h3-17H,1-2H3/q+1. The Hall–Kier alpha value is -3.76. The molecule has 0 fully saturated rings. The average molecular weight is 523 g/mol. The number of nitrogens with zero attached hydrogens (tertiary/aromatic N) is 1. The van der Waals surface area contributed by atoms with Crippen LogP contribution in [0, 0.1) is 6.92 Å². The van der Waals surface area contributed by atoms with Crippen molar-refractivity contribution in [3.63, 3.8) is 0 Å². The van der Waals surface area contributed by atoms with E-state index in [1.165, 1.54) is 30.7 Å². The van der Waals surface area contributed by atoms with Gasteiger partial charge >= 0.3 is 210 Å². The third-order valence-corrected chi connectivity index (χ3v) is 10.7. The maximum atomic E-state index is 6.79. The molecule has 2 aromatic heterocycles. The molecule has 168 valence electrons. The van der Waals surface area contributed by atoms with Gasteiger partial charge in [-0.25, -0.2) is 0 Å². The van der Waals surface area contributed by atoms with Gasteiger partial charge in [0.05, 0.1) is 0 Å². The van der Waals surface area contributed by atoms with Crippen LogP contribution in [-0.4, -0.2) is 22.1 Å². The topological polar surface area (TPSA) is 26.2 Å². The van der Waals surface area contributed by atoms with Gasteiger partial charge in [0.15, 0.2) is 0 Å². The Kier molecular flexibility index (Phi) is 4.18. The zero-order valence-electron chi connectivity index (χ0n) is 20.0. The van der Waals surface area contributed by atoms with Gasteiger partial charge in [0.25, 0.3) is 0 Å². The van der Waals surface area contributed by atoms with Crippen molar-refractivity contribution in [3.05, 3.63) is 96.7 Å². The summed E-state index contributed by atoms with van der Waals surface area (Å²) < 4.78 is 18.6. The van der Waals surface area contributed by atoms with Crippen molar-refractivity contribution in [1.82, 2.24) is 0 Å². The number of aryl methyl sites for hydroxylation is 2. The van der Waals surface area contributed by atoms with Gasteiger partial charge in [-0.1, -0.05) is 0 Å². The number of fused-ring (bicyclic) bond motifs is 8. The van der Waals surface area contributed by atoms with Gasteiger partial charge in [-0.15, -0.1) is 0 Å². The first-order chi connectivity index (χ1) is 17.7. The molecule has 4 aromatic carbocycles. The third kappa shape index (κ3) is 2.68. The van der Waals surface area contributed by atoms with E-state index in [-0.39, 0.29) is 22.1 Å². The summed E-state index contributed by atoms with van der Waals surface area (Å²) in [4.78, 5) is 0. The van der Waals surface area contributed by atoms with Gasteiger partial charge in [0.1, 0.15) is 0 Å². The Morgan fingerprint density at radius 3 is 2.47 bits per heavy atom. The minimum atomic E-state index is -0.386. The number of ether oxygens (including phenoxy) is 1.